The van der Waals surface area contributed by atoms with E-state index < -0.39 is 17.6 Å². The second kappa shape index (κ2) is 6.66. The van der Waals surface area contributed by atoms with Gasteiger partial charge in [-0.3, -0.25) is 9.20 Å². The Bertz CT molecular complexity index is 1140. The van der Waals surface area contributed by atoms with Crippen molar-refractivity contribution in [3.05, 3.63) is 65.4 Å². The van der Waals surface area contributed by atoms with Gasteiger partial charge in [0.05, 0.1) is 22.3 Å². The van der Waals surface area contributed by atoms with Crippen LogP contribution in [0, 0.1) is 6.92 Å². The molecule has 0 saturated heterocycles. The van der Waals surface area contributed by atoms with Gasteiger partial charge in [-0.25, -0.2) is 9.97 Å². The van der Waals surface area contributed by atoms with E-state index in [0.717, 1.165) is 29.1 Å². The van der Waals surface area contributed by atoms with Crippen molar-refractivity contribution >= 4 is 22.6 Å². The lowest BCUT2D eigenvalue weighted by Gasteiger charge is -2.09. The number of benzene rings is 1. The summed E-state index contributed by atoms with van der Waals surface area (Å²) in [6.07, 6.45) is -3.14. The van der Waals surface area contributed by atoms with Crippen LogP contribution in [0.3, 0.4) is 0 Å². The number of aryl methyl sites for hydroxylation is 1. The van der Waals surface area contributed by atoms with Crippen LogP contribution in [0.15, 0.2) is 42.6 Å². The molecule has 0 bridgehead atoms. The summed E-state index contributed by atoms with van der Waals surface area (Å²) in [6.45, 7) is 1.87. The molecule has 144 valence electrons. The van der Waals surface area contributed by atoms with Gasteiger partial charge < -0.3 is 10.3 Å². The molecule has 0 spiro atoms. The highest BCUT2D eigenvalue weighted by Crippen LogP contribution is 2.29. The third-order valence-corrected chi connectivity index (χ3v) is 4.42. The molecule has 0 fully saturated rings. The zero-order chi connectivity index (χ0) is 19.9. The fraction of sp³-hybridized carbons (Fsp3) is 0.211. The Kier molecular flexibility index (Phi) is 4.29. The molecule has 0 saturated carbocycles. The summed E-state index contributed by atoms with van der Waals surface area (Å²) in [7, 11) is 0. The quantitative estimate of drug-likeness (QED) is 0.563. The average Bonchev–Trinajstić information content (AvgIpc) is 3.19. The first-order valence-electron chi connectivity index (χ1n) is 8.60. The van der Waals surface area contributed by atoms with Crippen LogP contribution < -0.4 is 5.32 Å². The highest BCUT2D eigenvalue weighted by Gasteiger charge is 2.31. The molecule has 1 aromatic carbocycles. The van der Waals surface area contributed by atoms with Crippen LogP contribution in [0.2, 0.25) is 0 Å². The number of aromatic amines is 1. The molecule has 3 heterocycles. The van der Waals surface area contributed by atoms with Crippen LogP contribution in [-0.2, 0) is 12.6 Å². The van der Waals surface area contributed by atoms with E-state index >= 15 is 0 Å². The molecule has 0 unspecified atom stereocenters. The zero-order valence-corrected chi connectivity index (χ0v) is 14.8. The molecule has 3 aromatic heterocycles. The number of nitrogens with one attached hydrogen (secondary N) is 2. The van der Waals surface area contributed by atoms with E-state index in [0.29, 0.717) is 12.1 Å². The Morgan fingerprint density at radius 3 is 2.71 bits per heavy atom. The second-order valence-electron chi connectivity index (χ2n) is 6.40. The highest BCUT2D eigenvalue weighted by atomic mass is 19.4. The summed E-state index contributed by atoms with van der Waals surface area (Å²) in [4.78, 5) is 24.3. The molecule has 0 aliphatic heterocycles. The Labute approximate surface area is 157 Å². The number of H-pyrrole nitrogens is 1. The minimum atomic E-state index is -4.50. The standard InChI is InChI=1S/C19H16F3N5O/c1-11-17(27-10-12(19(20,21)22)6-7-16(27)24-11)18(28)23-9-8-15-25-13-4-2-3-5-14(13)26-15/h2-7,10H,8-9H2,1H3,(H,23,28)(H,25,26). The number of halogens is 3. The number of alkyl halides is 3. The molecule has 28 heavy (non-hydrogen) atoms. The topological polar surface area (TPSA) is 75.1 Å². The van der Waals surface area contributed by atoms with Crippen molar-refractivity contribution < 1.29 is 18.0 Å². The first kappa shape index (κ1) is 18.0. The van der Waals surface area contributed by atoms with Gasteiger partial charge in [0, 0.05) is 19.2 Å². The summed E-state index contributed by atoms with van der Waals surface area (Å²) in [5.74, 6) is 0.233. The molecule has 2 N–H and O–H groups in total. The number of rotatable bonds is 4. The van der Waals surface area contributed by atoms with Crippen molar-refractivity contribution in [2.75, 3.05) is 6.54 Å². The maximum Gasteiger partial charge on any atom is 0.417 e. The number of nitrogens with zero attached hydrogens (tertiary/aromatic N) is 3. The molecule has 4 aromatic rings. The van der Waals surface area contributed by atoms with Gasteiger partial charge in [-0.2, -0.15) is 13.2 Å². The van der Waals surface area contributed by atoms with Crippen molar-refractivity contribution in [1.29, 1.82) is 0 Å². The van der Waals surface area contributed by atoms with Gasteiger partial charge in [0.1, 0.15) is 17.2 Å². The maximum absolute atomic E-state index is 13.0. The monoisotopic (exact) mass is 387 g/mol. The van der Waals surface area contributed by atoms with E-state index in [1.165, 1.54) is 10.5 Å². The average molecular weight is 387 g/mol. The number of amides is 1. The molecule has 0 atom stereocenters. The van der Waals surface area contributed by atoms with Crippen molar-refractivity contribution in [1.82, 2.24) is 24.7 Å². The van der Waals surface area contributed by atoms with Gasteiger partial charge in [-0.05, 0) is 31.2 Å². The van der Waals surface area contributed by atoms with E-state index in [2.05, 4.69) is 20.3 Å². The first-order valence-corrected chi connectivity index (χ1v) is 8.60. The molecule has 4 rings (SSSR count). The summed E-state index contributed by atoms with van der Waals surface area (Å²) in [6, 6.07) is 9.77. The Hall–Kier alpha value is -3.36. The lowest BCUT2D eigenvalue weighted by Crippen LogP contribution is -2.27. The van der Waals surface area contributed by atoms with Gasteiger partial charge in [0.2, 0.25) is 0 Å². The van der Waals surface area contributed by atoms with E-state index in [9.17, 15) is 18.0 Å². The fourth-order valence-corrected chi connectivity index (χ4v) is 3.11. The summed E-state index contributed by atoms with van der Waals surface area (Å²) in [5, 5.41) is 2.73. The van der Waals surface area contributed by atoms with Gasteiger partial charge in [0.15, 0.2) is 0 Å². The number of fused-ring (bicyclic) bond motifs is 2. The van der Waals surface area contributed by atoms with Crippen molar-refractivity contribution in [2.24, 2.45) is 0 Å². The first-order chi connectivity index (χ1) is 13.3. The van der Waals surface area contributed by atoms with Gasteiger partial charge in [-0.1, -0.05) is 12.1 Å². The van der Waals surface area contributed by atoms with Gasteiger partial charge in [-0.15, -0.1) is 0 Å². The predicted octanol–water partition coefficient (Wildman–Crippen LogP) is 3.51. The fourth-order valence-electron chi connectivity index (χ4n) is 3.11. The van der Waals surface area contributed by atoms with E-state index in [-0.39, 0.29) is 17.9 Å². The van der Waals surface area contributed by atoms with Gasteiger partial charge >= 0.3 is 6.18 Å². The van der Waals surface area contributed by atoms with Gasteiger partial charge in [0.25, 0.3) is 5.91 Å². The minimum Gasteiger partial charge on any atom is -0.350 e. The summed E-state index contributed by atoms with van der Waals surface area (Å²) in [5.41, 5.74) is 1.63. The molecular formula is C19H16F3N5O. The van der Waals surface area contributed by atoms with Crippen molar-refractivity contribution in [3.63, 3.8) is 0 Å². The highest BCUT2D eigenvalue weighted by molar-refractivity contribution is 5.94. The number of aromatic nitrogens is 4. The minimum absolute atomic E-state index is 0.0886. The third kappa shape index (κ3) is 3.30. The summed E-state index contributed by atoms with van der Waals surface area (Å²) >= 11 is 0. The Morgan fingerprint density at radius 2 is 1.96 bits per heavy atom. The number of hydrogen-bond donors (Lipinski definition) is 2. The van der Waals surface area contributed by atoms with Crippen molar-refractivity contribution in [3.8, 4) is 0 Å². The second-order valence-corrected chi connectivity index (χ2v) is 6.40. The summed E-state index contributed by atoms with van der Waals surface area (Å²) < 4.78 is 40.1. The third-order valence-electron chi connectivity index (χ3n) is 4.42. The molecule has 0 aliphatic rings. The van der Waals surface area contributed by atoms with Crippen LogP contribution in [0.4, 0.5) is 13.2 Å². The molecule has 0 aliphatic carbocycles. The number of para-hydroxylation sites is 2. The molecule has 6 nitrogen and oxygen atoms in total. The van der Waals surface area contributed by atoms with Crippen LogP contribution in [0.25, 0.3) is 16.7 Å². The van der Waals surface area contributed by atoms with Crippen LogP contribution in [-0.4, -0.2) is 31.8 Å². The Balaban J connectivity index is 1.52. The molecular weight excluding hydrogens is 371 g/mol. The Morgan fingerprint density at radius 1 is 1.18 bits per heavy atom. The molecule has 9 heteroatoms. The normalized spacial score (nSPS) is 12.0. The van der Waals surface area contributed by atoms with Crippen LogP contribution >= 0.6 is 0 Å². The van der Waals surface area contributed by atoms with E-state index in [1.807, 2.05) is 24.3 Å². The number of carbonyl (C=O) groups excluding carboxylic acids is 1. The van der Waals surface area contributed by atoms with E-state index in [4.69, 9.17) is 0 Å². The van der Waals surface area contributed by atoms with Crippen LogP contribution in [0.1, 0.15) is 27.6 Å². The number of hydrogen-bond acceptors (Lipinski definition) is 3. The molecule has 1 amide bonds. The largest absolute Gasteiger partial charge is 0.417 e. The maximum atomic E-state index is 13.0. The number of imidazole rings is 2. The SMILES string of the molecule is Cc1nc2ccc(C(F)(F)F)cn2c1C(=O)NCCc1nc2ccccc2[nH]1. The van der Waals surface area contributed by atoms with Crippen LogP contribution in [0.5, 0.6) is 0 Å². The molecule has 0 radical (unpaired) electrons. The predicted molar refractivity (Wildman–Crippen MR) is 97.1 cm³/mol. The smallest absolute Gasteiger partial charge is 0.350 e. The number of carbonyl (C=O) groups is 1. The van der Waals surface area contributed by atoms with E-state index in [1.54, 1.807) is 6.92 Å². The lowest BCUT2D eigenvalue weighted by atomic mass is 10.2. The van der Waals surface area contributed by atoms with Crippen molar-refractivity contribution in [2.45, 2.75) is 19.5 Å². The number of pyridine rings is 1. The lowest BCUT2D eigenvalue weighted by molar-refractivity contribution is -0.137. The zero-order valence-electron chi connectivity index (χ0n) is 14.8.